The van der Waals surface area contributed by atoms with Gasteiger partial charge in [0.25, 0.3) is 0 Å². The lowest BCUT2D eigenvalue weighted by atomic mass is 10.0. The molecule has 0 fully saturated rings. The summed E-state index contributed by atoms with van der Waals surface area (Å²) in [5, 5.41) is 0. The molecule has 0 amide bonds. The smallest absolute Gasteiger partial charge is 0.244 e. The zero-order valence-electron chi connectivity index (χ0n) is 26.7. The third kappa shape index (κ3) is 7.15. The second-order valence-electron chi connectivity index (χ2n) is 12.0. The fourth-order valence-corrected chi connectivity index (χ4v) is 5.68. The van der Waals surface area contributed by atoms with Gasteiger partial charge in [-0.25, -0.2) is 19.9 Å². The van der Waals surface area contributed by atoms with Crippen LogP contribution in [0.5, 0.6) is 0 Å². The average Bonchev–Trinajstić information content (AvgIpc) is 3.12. The summed E-state index contributed by atoms with van der Waals surface area (Å²) in [5.74, 6) is 0. The van der Waals surface area contributed by atoms with Crippen molar-refractivity contribution >= 4 is 22.1 Å². The number of rotatable bonds is 4. The molecule has 0 aliphatic rings. The Morgan fingerprint density at radius 2 is 0.426 bits per heavy atom. The van der Waals surface area contributed by atoms with Gasteiger partial charge in [-0.3, -0.25) is 0 Å². The van der Waals surface area contributed by atoms with Gasteiger partial charge in [0, 0.05) is 22.3 Å². The van der Waals surface area contributed by atoms with Gasteiger partial charge in [-0.2, -0.15) is 52.7 Å². The Bertz CT molecular complexity index is 2150. The molecule has 0 aliphatic carbocycles. The van der Waals surface area contributed by atoms with Gasteiger partial charge in [0.15, 0.2) is 0 Å². The molecule has 16 heteroatoms. The summed E-state index contributed by atoms with van der Waals surface area (Å²) in [4.78, 5) is 18.5. The van der Waals surface area contributed by atoms with Crippen LogP contribution in [0.25, 0.3) is 67.1 Å². The van der Waals surface area contributed by atoms with Crippen LogP contribution in [0.1, 0.15) is 22.3 Å². The number of benzene rings is 5. The lowest BCUT2D eigenvalue weighted by Crippen LogP contribution is -2.05. The molecule has 0 aliphatic heterocycles. The van der Waals surface area contributed by atoms with E-state index >= 15 is 0 Å². The van der Waals surface area contributed by atoms with Crippen LogP contribution >= 0.6 is 0 Å². The Morgan fingerprint density at radius 1 is 0.259 bits per heavy atom. The average molecular weight is 759 g/mol. The standard InChI is InChI=1S/C38H18F12N4/c39-35(40,41)23-9-1-19(2-10-23)31-32(20-3-11-24(12-4-20)36(42,43)44)52-28-18-30-29(17-27(28)51-31)53-33(21-5-13-25(14-6-21)37(45,46)47)34(54-30)22-7-15-26(16-8-22)38(48,49)50/h1-18H. The normalized spacial score (nSPS) is 12.8. The largest absolute Gasteiger partial charge is 0.416 e. The van der Waals surface area contributed by atoms with E-state index in [0.717, 1.165) is 97.1 Å². The van der Waals surface area contributed by atoms with Crippen molar-refractivity contribution in [2.24, 2.45) is 0 Å². The summed E-state index contributed by atoms with van der Waals surface area (Å²) in [6, 6.07) is 18.3. The highest BCUT2D eigenvalue weighted by Crippen LogP contribution is 2.39. The zero-order chi connectivity index (χ0) is 38.8. The number of alkyl halides is 12. The number of hydrogen-bond donors (Lipinski definition) is 0. The van der Waals surface area contributed by atoms with Crippen molar-refractivity contribution in [1.82, 2.24) is 19.9 Å². The highest BCUT2D eigenvalue weighted by atomic mass is 19.4. The predicted molar refractivity (Wildman–Crippen MR) is 174 cm³/mol. The van der Waals surface area contributed by atoms with E-state index in [-0.39, 0.29) is 67.1 Å². The van der Waals surface area contributed by atoms with Gasteiger partial charge in [-0.05, 0) is 60.7 Å². The summed E-state index contributed by atoms with van der Waals surface area (Å²) in [5.41, 5.74) is -2.80. The van der Waals surface area contributed by atoms with Gasteiger partial charge in [0.1, 0.15) is 0 Å². The number of halogens is 12. The van der Waals surface area contributed by atoms with Crippen LogP contribution in [0.2, 0.25) is 0 Å². The first-order valence-corrected chi connectivity index (χ1v) is 15.5. The summed E-state index contributed by atoms with van der Waals surface area (Å²) >= 11 is 0. The van der Waals surface area contributed by atoms with Crippen LogP contribution in [-0.4, -0.2) is 19.9 Å². The lowest BCUT2D eigenvalue weighted by molar-refractivity contribution is -0.138. The van der Waals surface area contributed by atoms with Crippen molar-refractivity contribution in [1.29, 1.82) is 0 Å². The number of nitrogens with zero attached hydrogens (tertiary/aromatic N) is 4. The molecule has 0 unspecified atom stereocenters. The topological polar surface area (TPSA) is 51.6 Å². The molecule has 0 spiro atoms. The molecule has 4 nitrogen and oxygen atoms in total. The molecule has 0 radical (unpaired) electrons. The van der Waals surface area contributed by atoms with Crippen LogP contribution in [0.4, 0.5) is 52.7 Å². The third-order valence-electron chi connectivity index (χ3n) is 8.39. The van der Waals surface area contributed by atoms with Gasteiger partial charge in [-0.15, -0.1) is 0 Å². The van der Waals surface area contributed by atoms with E-state index in [1.165, 1.54) is 12.1 Å². The number of fused-ring (bicyclic) bond motifs is 2. The molecule has 0 saturated heterocycles. The molecular weight excluding hydrogens is 740 g/mol. The van der Waals surface area contributed by atoms with Gasteiger partial charge in [-0.1, -0.05) is 48.5 Å². The molecule has 54 heavy (non-hydrogen) atoms. The van der Waals surface area contributed by atoms with Crippen molar-refractivity contribution in [3.63, 3.8) is 0 Å². The minimum atomic E-state index is -4.66. The van der Waals surface area contributed by atoms with E-state index < -0.39 is 47.0 Å². The van der Waals surface area contributed by atoms with Gasteiger partial charge >= 0.3 is 24.7 Å². The maximum atomic E-state index is 13.4. The minimum Gasteiger partial charge on any atom is -0.244 e. The van der Waals surface area contributed by atoms with Crippen LogP contribution in [0, 0.1) is 0 Å². The first-order valence-electron chi connectivity index (χ1n) is 15.5. The van der Waals surface area contributed by atoms with E-state index in [2.05, 4.69) is 19.9 Å². The summed E-state index contributed by atoms with van der Waals surface area (Å²) in [6.07, 6.45) is -18.6. The molecule has 0 saturated carbocycles. The molecule has 0 atom stereocenters. The summed E-state index contributed by atoms with van der Waals surface area (Å²) < 4.78 is 160. The number of aromatic nitrogens is 4. The van der Waals surface area contributed by atoms with E-state index in [9.17, 15) is 52.7 Å². The van der Waals surface area contributed by atoms with Crippen LogP contribution in [0.3, 0.4) is 0 Å². The zero-order valence-corrected chi connectivity index (χ0v) is 26.7. The summed E-state index contributed by atoms with van der Waals surface area (Å²) in [7, 11) is 0. The summed E-state index contributed by atoms with van der Waals surface area (Å²) in [6.45, 7) is 0. The molecule has 5 aromatic carbocycles. The third-order valence-corrected chi connectivity index (χ3v) is 8.39. The SMILES string of the molecule is FC(F)(F)c1ccc(-c2nc3cc4nc(-c5ccc(C(F)(F)F)cc5)c(-c5ccc(C(F)(F)F)cc5)nc4cc3nc2-c2ccc(C(F)(F)F)cc2)cc1. The molecule has 2 aromatic heterocycles. The van der Waals surface area contributed by atoms with Crippen molar-refractivity contribution in [3.05, 3.63) is 131 Å². The van der Waals surface area contributed by atoms with Crippen molar-refractivity contribution in [2.75, 3.05) is 0 Å². The minimum absolute atomic E-state index is 0.00706. The highest BCUT2D eigenvalue weighted by Gasteiger charge is 2.33. The van der Waals surface area contributed by atoms with Gasteiger partial charge < -0.3 is 0 Å². The first-order chi connectivity index (χ1) is 25.3. The lowest BCUT2D eigenvalue weighted by Gasteiger charge is -2.15. The fraction of sp³-hybridized carbons (Fsp3) is 0.105. The quantitative estimate of drug-likeness (QED) is 0.132. The molecule has 7 rings (SSSR count). The second-order valence-corrected chi connectivity index (χ2v) is 12.0. The van der Waals surface area contributed by atoms with Crippen LogP contribution in [-0.2, 0) is 24.7 Å². The molecule has 274 valence electrons. The Labute approximate surface area is 295 Å². The monoisotopic (exact) mass is 758 g/mol. The molecule has 0 bridgehead atoms. The molecule has 7 aromatic rings. The van der Waals surface area contributed by atoms with Crippen molar-refractivity contribution in [3.8, 4) is 45.0 Å². The Morgan fingerprint density at radius 3 is 0.574 bits per heavy atom. The van der Waals surface area contributed by atoms with E-state index in [4.69, 9.17) is 0 Å². The first kappa shape index (κ1) is 36.3. The highest BCUT2D eigenvalue weighted by molar-refractivity contribution is 5.96. The van der Waals surface area contributed by atoms with Gasteiger partial charge in [0.2, 0.25) is 0 Å². The molecular formula is C38H18F12N4. The second kappa shape index (κ2) is 12.8. The van der Waals surface area contributed by atoms with Crippen molar-refractivity contribution < 1.29 is 52.7 Å². The van der Waals surface area contributed by atoms with Crippen LogP contribution < -0.4 is 0 Å². The molecule has 2 heterocycles. The predicted octanol–water partition coefficient (Wildman–Crippen LogP) is 12.3. The number of hydrogen-bond acceptors (Lipinski definition) is 4. The van der Waals surface area contributed by atoms with E-state index in [1.54, 1.807) is 0 Å². The van der Waals surface area contributed by atoms with E-state index in [1.807, 2.05) is 0 Å². The van der Waals surface area contributed by atoms with Crippen LogP contribution in [0.15, 0.2) is 109 Å². The van der Waals surface area contributed by atoms with Crippen molar-refractivity contribution in [2.45, 2.75) is 24.7 Å². The maximum Gasteiger partial charge on any atom is 0.416 e. The fourth-order valence-electron chi connectivity index (χ4n) is 5.68. The molecule has 0 N–H and O–H groups in total. The van der Waals surface area contributed by atoms with E-state index in [0.29, 0.717) is 0 Å². The Kier molecular flexibility index (Phi) is 8.61. The Hall–Kier alpha value is -6.06. The maximum absolute atomic E-state index is 13.4. The Balaban J connectivity index is 1.45. The van der Waals surface area contributed by atoms with Gasteiger partial charge in [0.05, 0.1) is 67.1 Å².